The Morgan fingerprint density at radius 2 is 2.09 bits per heavy atom. The number of aromatic amines is 1. The van der Waals surface area contributed by atoms with Gasteiger partial charge in [-0.2, -0.15) is 8.42 Å². The molecule has 11 heavy (non-hydrogen) atoms. The van der Waals surface area contributed by atoms with E-state index in [0.29, 0.717) is 0 Å². The van der Waals surface area contributed by atoms with Crippen molar-refractivity contribution in [3.63, 3.8) is 0 Å². The topological polar surface area (TPSA) is 113 Å². The van der Waals surface area contributed by atoms with Crippen LogP contribution in [0.2, 0.25) is 0 Å². The number of H-pyrrole nitrogens is 1. The molecule has 64 valence electrons. The molecular formula is C3H6N2O5S. The van der Waals surface area contributed by atoms with Crippen LogP contribution in [0.1, 0.15) is 0 Å². The summed E-state index contributed by atoms with van der Waals surface area (Å²) in [7, 11) is -4.61. The summed E-state index contributed by atoms with van der Waals surface area (Å²) < 4.78 is 28.0. The largest absolute Gasteiger partial charge is 0.423 e. The number of aromatic nitrogens is 2. The van der Waals surface area contributed by atoms with Gasteiger partial charge in [-0.1, -0.05) is 4.33 Å². The van der Waals surface area contributed by atoms with Crippen LogP contribution in [-0.4, -0.2) is 28.2 Å². The second kappa shape index (κ2) is 4.79. The van der Waals surface area contributed by atoms with Crippen LogP contribution in [0.4, 0.5) is 0 Å². The molecule has 3 N–H and O–H groups in total. The summed E-state index contributed by atoms with van der Waals surface area (Å²) in [6.07, 6.45) is 5.08. The van der Waals surface area contributed by atoms with Gasteiger partial charge in [-0.25, -0.2) is 10.2 Å². The molecule has 0 saturated heterocycles. The first-order valence-corrected chi connectivity index (χ1v) is 3.66. The molecule has 0 bridgehead atoms. The molecule has 1 aromatic heterocycles. The Hall–Kier alpha value is -0.960. The molecule has 0 saturated carbocycles. The van der Waals surface area contributed by atoms with Crippen LogP contribution in [0, 0.1) is 0 Å². The van der Waals surface area contributed by atoms with Gasteiger partial charge in [0, 0.05) is 12.4 Å². The van der Waals surface area contributed by atoms with Gasteiger partial charge in [0.15, 0.2) is 0 Å². The third-order valence-electron chi connectivity index (χ3n) is 0.500. The van der Waals surface area contributed by atoms with Crippen molar-refractivity contribution >= 4 is 10.4 Å². The predicted molar refractivity (Wildman–Crippen MR) is 33.9 cm³/mol. The summed E-state index contributed by atoms with van der Waals surface area (Å²) in [4.78, 5) is 6.42. The van der Waals surface area contributed by atoms with Crippen molar-refractivity contribution in [1.82, 2.24) is 9.97 Å². The first-order chi connectivity index (χ1) is 5.06. The van der Waals surface area contributed by atoms with E-state index in [-0.39, 0.29) is 0 Å². The molecule has 0 spiro atoms. The van der Waals surface area contributed by atoms with Crippen LogP contribution in [0.3, 0.4) is 0 Å². The zero-order chi connectivity index (χ0) is 8.74. The van der Waals surface area contributed by atoms with Crippen molar-refractivity contribution in [2.45, 2.75) is 0 Å². The number of nitrogens with zero attached hydrogens (tertiary/aromatic N) is 1. The van der Waals surface area contributed by atoms with Gasteiger partial charge in [0.25, 0.3) is 0 Å². The lowest BCUT2D eigenvalue weighted by Gasteiger charge is -1.79. The first-order valence-electron chi connectivity index (χ1n) is 2.29. The van der Waals surface area contributed by atoms with Gasteiger partial charge >= 0.3 is 10.4 Å². The fraction of sp³-hybridized carbons (Fsp3) is 0. The Labute approximate surface area is 62.5 Å². The molecule has 0 amide bonds. The second-order valence-corrected chi connectivity index (χ2v) is 2.27. The summed E-state index contributed by atoms with van der Waals surface area (Å²) in [5.74, 6) is 0. The van der Waals surface area contributed by atoms with Gasteiger partial charge in [0.1, 0.15) is 0 Å². The van der Waals surface area contributed by atoms with E-state index in [2.05, 4.69) is 14.3 Å². The average Bonchev–Trinajstić information content (AvgIpc) is 2.41. The van der Waals surface area contributed by atoms with E-state index in [0.717, 1.165) is 0 Å². The minimum Gasteiger partial charge on any atom is -0.351 e. The van der Waals surface area contributed by atoms with E-state index in [1.165, 1.54) is 0 Å². The van der Waals surface area contributed by atoms with Crippen LogP contribution in [0.15, 0.2) is 18.7 Å². The smallest absolute Gasteiger partial charge is 0.351 e. The number of rotatable bonds is 1. The van der Waals surface area contributed by atoms with Crippen LogP contribution < -0.4 is 0 Å². The quantitative estimate of drug-likeness (QED) is 0.312. The number of nitrogens with one attached hydrogen (secondary N) is 1. The molecule has 8 heteroatoms. The molecule has 1 heterocycles. The molecule has 0 radical (unpaired) electrons. The van der Waals surface area contributed by atoms with Crippen LogP contribution >= 0.6 is 0 Å². The monoisotopic (exact) mass is 182 g/mol. The second-order valence-electron chi connectivity index (χ2n) is 1.26. The fourth-order valence-corrected chi connectivity index (χ4v) is 0.215. The first kappa shape index (κ1) is 10.0. The van der Waals surface area contributed by atoms with E-state index < -0.39 is 10.4 Å². The van der Waals surface area contributed by atoms with Gasteiger partial charge in [-0.3, -0.25) is 4.55 Å². The summed E-state index contributed by atoms with van der Waals surface area (Å²) >= 11 is 0. The lowest BCUT2D eigenvalue weighted by molar-refractivity contribution is -0.139. The van der Waals surface area contributed by atoms with Gasteiger partial charge < -0.3 is 4.98 Å². The molecule has 7 nitrogen and oxygen atoms in total. The molecule has 1 rings (SSSR count). The summed E-state index contributed by atoms with van der Waals surface area (Å²) in [6, 6.07) is 0. The van der Waals surface area contributed by atoms with Gasteiger partial charge in [-0.15, -0.1) is 0 Å². The Kier molecular flexibility index (Phi) is 4.38. The van der Waals surface area contributed by atoms with E-state index >= 15 is 0 Å². The van der Waals surface area contributed by atoms with E-state index in [1.54, 1.807) is 18.7 Å². The van der Waals surface area contributed by atoms with Crippen molar-refractivity contribution in [1.29, 1.82) is 0 Å². The summed E-state index contributed by atoms with van der Waals surface area (Å²) in [5.41, 5.74) is 0. The Morgan fingerprint density at radius 1 is 1.55 bits per heavy atom. The Balaban J connectivity index is 0.000000183. The average molecular weight is 182 g/mol. The predicted octanol–water partition coefficient (Wildman–Crippen LogP) is -0.312. The molecular weight excluding hydrogens is 176 g/mol. The third kappa shape index (κ3) is 9.04. The fourth-order valence-electron chi connectivity index (χ4n) is 0.215. The molecule has 0 aromatic carbocycles. The van der Waals surface area contributed by atoms with E-state index in [4.69, 9.17) is 18.2 Å². The molecule has 0 aliphatic carbocycles. The highest BCUT2D eigenvalue weighted by molar-refractivity contribution is 7.80. The van der Waals surface area contributed by atoms with Crippen molar-refractivity contribution in [2.75, 3.05) is 0 Å². The zero-order valence-corrected chi connectivity index (χ0v) is 6.02. The van der Waals surface area contributed by atoms with E-state index in [9.17, 15) is 0 Å². The van der Waals surface area contributed by atoms with Gasteiger partial charge in [0.2, 0.25) is 0 Å². The van der Waals surface area contributed by atoms with Crippen molar-refractivity contribution in [3.05, 3.63) is 18.7 Å². The van der Waals surface area contributed by atoms with Crippen LogP contribution in [-0.2, 0) is 14.7 Å². The van der Waals surface area contributed by atoms with Gasteiger partial charge in [-0.05, 0) is 0 Å². The highest BCUT2D eigenvalue weighted by atomic mass is 32.3. The molecule has 0 unspecified atom stereocenters. The third-order valence-corrected chi connectivity index (χ3v) is 0.688. The molecule has 1 aromatic rings. The molecule has 0 fully saturated rings. The zero-order valence-electron chi connectivity index (χ0n) is 5.21. The number of hydrogen-bond donors (Lipinski definition) is 3. The van der Waals surface area contributed by atoms with Crippen molar-refractivity contribution < 1.29 is 22.6 Å². The highest BCUT2D eigenvalue weighted by Crippen LogP contribution is 1.74. The van der Waals surface area contributed by atoms with Crippen molar-refractivity contribution in [3.8, 4) is 0 Å². The highest BCUT2D eigenvalue weighted by Gasteiger charge is 1.97. The lowest BCUT2D eigenvalue weighted by Crippen LogP contribution is -1.97. The summed E-state index contributed by atoms with van der Waals surface area (Å²) in [6.45, 7) is 0. The van der Waals surface area contributed by atoms with Crippen LogP contribution in [0.5, 0.6) is 0 Å². The van der Waals surface area contributed by atoms with Crippen molar-refractivity contribution in [2.24, 2.45) is 0 Å². The number of hydrogen-bond acceptors (Lipinski definition) is 5. The normalized spacial score (nSPS) is 10.0. The maximum atomic E-state index is 9.08. The maximum Gasteiger partial charge on any atom is 0.423 e. The maximum absolute atomic E-state index is 9.08. The minimum absolute atomic E-state index is 1.62. The molecule has 0 aliphatic rings. The van der Waals surface area contributed by atoms with Gasteiger partial charge in [0.05, 0.1) is 6.33 Å². The lowest BCUT2D eigenvalue weighted by atomic mass is 11.0. The standard InChI is InChI=1S/C3H4N2.H2O5S/c1-2-5-3-4-1;1-5-6(2,3)4/h1-3H,(H,4,5);1H,(H,2,3,4). The van der Waals surface area contributed by atoms with E-state index in [1.807, 2.05) is 0 Å². The Bertz CT molecular complexity index is 236. The Morgan fingerprint density at radius 3 is 2.18 bits per heavy atom. The summed E-state index contributed by atoms with van der Waals surface area (Å²) in [5, 5.41) is 7.06. The minimum atomic E-state index is -4.61. The number of imidazole rings is 1. The van der Waals surface area contributed by atoms with Crippen LogP contribution in [0.25, 0.3) is 0 Å². The SMILES string of the molecule is O=S(=O)(O)OO.c1c[nH]cn1. The molecule has 0 atom stereocenters. The molecule has 0 aliphatic heterocycles.